The van der Waals surface area contributed by atoms with Crippen molar-refractivity contribution in [1.82, 2.24) is 0 Å². The molecular weight excluding hydrogens is 276 g/mol. The van der Waals surface area contributed by atoms with Gasteiger partial charge in [0.25, 0.3) is 0 Å². The molecule has 0 atom stereocenters. The summed E-state index contributed by atoms with van der Waals surface area (Å²) >= 11 is 0. The summed E-state index contributed by atoms with van der Waals surface area (Å²) in [5, 5.41) is 8.94. The fourth-order valence-electron chi connectivity index (χ4n) is 1.57. The van der Waals surface area contributed by atoms with Gasteiger partial charge in [-0.15, -0.1) is 0 Å². The Kier molecular flexibility index (Phi) is 7.75. The number of carbonyl (C=O) groups is 3. The van der Waals surface area contributed by atoms with Crippen molar-refractivity contribution in [3.63, 3.8) is 0 Å². The zero-order valence-electron chi connectivity index (χ0n) is 12.1. The zero-order chi connectivity index (χ0) is 16.5. The lowest BCUT2D eigenvalue weighted by atomic mass is 9.80. The van der Waals surface area contributed by atoms with Crippen molar-refractivity contribution in [2.24, 2.45) is 5.41 Å². The molecule has 6 nitrogen and oxygen atoms in total. The first-order valence-corrected chi connectivity index (χ1v) is 6.29. The Morgan fingerprint density at radius 3 is 1.81 bits per heavy atom. The molecule has 116 valence electrons. The van der Waals surface area contributed by atoms with Gasteiger partial charge >= 0.3 is 17.9 Å². The first-order chi connectivity index (χ1) is 9.80. The second-order valence-electron chi connectivity index (χ2n) is 4.56. The molecule has 0 rings (SSSR count). The van der Waals surface area contributed by atoms with Crippen molar-refractivity contribution in [1.29, 1.82) is 0 Å². The van der Waals surface area contributed by atoms with Crippen LogP contribution in [0, 0.1) is 5.41 Å². The van der Waals surface area contributed by atoms with Crippen LogP contribution in [0.1, 0.15) is 19.8 Å². The predicted molar refractivity (Wildman–Crippen MR) is 76.4 cm³/mol. The number of esters is 2. The summed E-state index contributed by atoms with van der Waals surface area (Å²) in [7, 11) is 0. The van der Waals surface area contributed by atoms with E-state index in [1.165, 1.54) is 0 Å². The van der Waals surface area contributed by atoms with Gasteiger partial charge in [0.15, 0.2) is 0 Å². The molecular formula is C15H20O6. The van der Waals surface area contributed by atoms with E-state index >= 15 is 0 Å². The van der Waals surface area contributed by atoms with E-state index in [4.69, 9.17) is 14.6 Å². The first-order valence-electron chi connectivity index (χ1n) is 6.29. The molecule has 0 saturated carbocycles. The minimum Gasteiger partial charge on any atom is -0.478 e. The minimum absolute atomic E-state index is 0.0215. The number of carboxylic acids is 1. The molecule has 0 amide bonds. The van der Waals surface area contributed by atoms with E-state index in [9.17, 15) is 14.4 Å². The lowest BCUT2D eigenvalue weighted by Crippen LogP contribution is -2.35. The van der Waals surface area contributed by atoms with E-state index < -0.39 is 23.3 Å². The van der Waals surface area contributed by atoms with Crippen LogP contribution in [0.3, 0.4) is 0 Å². The molecule has 0 saturated heterocycles. The second-order valence-corrected chi connectivity index (χ2v) is 4.56. The van der Waals surface area contributed by atoms with Gasteiger partial charge in [-0.25, -0.2) is 14.4 Å². The normalized spacial score (nSPS) is 10.3. The van der Waals surface area contributed by atoms with E-state index in [1.54, 1.807) is 6.92 Å². The highest BCUT2D eigenvalue weighted by Crippen LogP contribution is 2.31. The summed E-state index contributed by atoms with van der Waals surface area (Å²) in [6.07, 6.45) is 2.45. The predicted octanol–water partition coefficient (Wildman–Crippen LogP) is 1.87. The van der Waals surface area contributed by atoms with E-state index in [2.05, 4.69) is 19.7 Å². The van der Waals surface area contributed by atoms with Crippen LogP contribution in [0.5, 0.6) is 0 Å². The molecule has 0 aromatic carbocycles. The van der Waals surface area contributed by atoms with E-state index in [0.29, 0.717) is 6.42 Å². The number of ether oxygens (including phenoxy) is 2. The third-order valence-corrected chi connectivity index (χ3v) is 3.02. The average molecular weight is 296 g/mol. The van der Waals surface area contributed by atoms with Crippen LogP contribution in [0.15, 0.2) is 37.5 Å². The van der Waals surface area contributed by atoms with Gasteiger partial charge in [-0.05, 0) is 12.8 Å². The maximum absolute atomic E-state index is 11.2. The van der Waals surface area contributed by atoms with E-state index in [1.807, 2.05) is 0 Å². The van der Waals surface area contributed by atoms with Crippen molar-refractivity contribution < 1.29 is 29.0 Å². The Morgan fingerprint density at radius 2 is 1.52 bits per heavy atom. The summed E-state index contributed by atoms with van der Waals surface area (Å²) in [5.41, 5.74) is -0.909. The SMILES string of the molecule is C=CC(=O)OCC(CC)(COC(=O)C=C)CC(=C)C(=O)O. The van der Waals surface area contributed by atoms with Crippen LogP contribution < -0.4 is 0 Å². The van der Waals surface area contributed by atoms with Crippen molar-refractivity contribution in [3.8, 4) is 0 Å². The first kappa shape index (κ1) is 18.6. The number of carbonyl (C=O) groups excluding carboxylic acids is 2. The molecule has 0 aliphatic heterocycles. The van der Waals surface area contributed by atoms with E-state index in [-0.39, 0.29) is 25.2 Å². The number of carboxylic acid groups (broad SMARTS) is 1. The Bertz CT molecular complexity index is 425. The van der Waals surface area contributed by atoms with Crippen molar-refractivity contribution in [3.05, 3.63) is 37.5 Å². The molecule has 1 N–H and O–H groups in total. The van der Waals surface area contributed by atoms with Crippen LogP contribution in [0.25, 0.3) is 0 Å². The molecule has 0 unspecified atom stereocenters. The van der Waals surface area contributed by atoms with Crippen LogP contribution in [0.4, 0.5) is 0 Å². The van der Waals surface area contributed by atoms with Gasteiger partial charge in [-0.3, -0.25) is 0 Å². The molecule has 0 aromatic rings. The highest BCUT2D eigenvalue weighted by Gasteiger charge is 2.33. The van der Waals surface area contributed by atoms with Gasteiger partial charge in [0.2, 0.25) is 0 Å². The van der Waals surface area contributed by atoms with Crippen LogP contribution >= 0.6 is 0 Å². The molecule has 0 radical (unpaired) electrons. The largest absolute Gasteiger partial charge is 0.478 e. The van der Waals surface area contributed by atoms with Crippen molar-refractivity contribution >= 4 is 17.9 Å². The van der Waals surface area contributed by atoms with Gasteiger partial charge < -0.3 is 14.6 Å². The quantitative estimate of drug-likeness (QED) is 0.489. The van der Waals surface area contributed by atoms with E-state index in [0.717, 1.165) is 12.2 Å². The monoisotopic (exact) mass is 296 g/mol. The molecule has 0 heterocycles. The molecule has 0 aromatic heterocycles. The Balaban J connectivity index is 5.06. The summed E-state index contributed by atoms with van der Waals surface area (Å²) in [6, 6.07) is 0. The summed E-state index contributed by atoms with van der Waals surface area (Å²) in [6.45, 7) is 11.6. The number of aliphatic carboxylic acids is 1. The second kappa shape index (κ2) is 8.73. The van der Waals surface area contributed by atoms with Crippen molar-refractivity contribution in [2.45, 2.75) is 19.8 Å². The molecule has 0 bridgehead atoms. The third kappa shape index (κ3) is 6.56. The van der Waals surface area contributed by atoms with Crippen LogP contribution in [0.2, 0.25) is 0 Å². The highest BCUT2D eigenvalue weighted by molar-refractivity contribution is 5.86. The number of hydrogen-bond acceptors (Lipinski definition) is 5. The number of rotatable bonds is 10. The molecule has 21 heavy (non-hydrogen) atoms. The topological polar surface area (TPSA) is 89.9 Å². The van der Waals surface area contributed by atoms with Crippen molar-refractivity contribution in [2.75, 3.05) is 13.2 Å². The van der Waals surface area contributed by atoms with Gasteiger partial charge in [-0.2, -0.15) is 0 Å². The minimum atomic E-state index is -1.15. The number of hydrogen-bond donors (Lipinski definition) is 1. The maximum atomic E-state index is 11.2. The molecule has 0 fully saturated rings. The molecule has 0 aliphatic rings. The zero-order valence-corrected chi connectivity index (χ0v) is 12.1. The Labute approximate surface area is 123 Å². The van der Waals surface area contributed by atoms with Gasteiger partial charge in [0.1, 0.15) is 13.2 Å². The average Bonchev–Trinajstić information content (AvgIpc) is 2.48. The summed E-state index contributed by atoms with van der Waals surface area (Å²) < 4.78 is 9.97. The van der Waals surface area contributed by atoms with Gasteiger partial charge in [0.05, 0.1) is 0 Å². The van der Waals surface area contributed by atoms with Crippen LogP contribution in [-0.2, 0) is 23.9 Å². The third-order valence-electron chi connectivity index (χ3n) is 3.02. The fourth-order valence-corrected chi connectivity index (χ4v) is 1.57. The fraction of sp³-hybridized carbons (Fsp3) is 0.400. The highest BCUT2D eigenvalue weighted by atomic mass is 16.5. The smallest absolute Gasteiger partial charge is 0.330 e. The Morgan fingerprint density at radius 1 is 1.10 bits per heavy atom. The summed E-state index contributed by atoms with van der Waals surface area (Å²) in [5.74, 6) is -2.43. The maximum Gasteiger partial charge on any atom is 0.330 e. The van der Waals surface area contributed by atoms with Gasteiger partial charge in [-0.1, -0.05) is 26.7 Å². The lowest BCUT2D eigenvalue weighted by molar-refractivity contribution is -0.148. The van der Waals surface area contributed by atoms with Gasteiger partial charge in [0, 0.05) is 23.1 Å². The molecule has 6 heteroatoms. The summed E-state index contributed by atoms with van der Waals surface area (Å²) in [4.78, 5) is 33.3. The lowest BCUT2D eigenvalue weighted by Gasteiger charge is -2.31. The van der Waals surface area contributed by atoms with Crippen LogP contribution in [-0.4, -0.2) is 36.2 Å². The molecule has 0 spiro atoms. The standard InChI is InChI=1S/C15H20O6/c1-5-12(16)20-9-15(7-3,8-11(4)14(18)19)10-21-13(17)6-2/h5-6H,1-2,4,7-10H2,3H3,(H,18,19). The molecule has 0 aliphatic carbocycles. The Hall–Kier alpha value is -2.37.